The van der Waals surface area contributed by atoms with Crippen molar-refractivity contribution in [3.05, 3.63) is 65.5 Å². The van der Waals surface area contributed by atoms with E-state index in [9.17, 15) is 18.4 Å². The predicted octanol–water partition coefficient (Wildman–Crippen LogP) is 4.82. The van der Waals surface area contributed by atoms with Crippen LogP contribution in [0, 0.1) is 11.6 Å². The number of aromatic nitrogens is 1. The Hall–Kier alpha value is -3.33. The van der Waals surface area contributed by atoms with Gasteiger partial charge in [-0.15, -0.1) is 11.3 Å². The molecule has 6 nitrogen and oxygen atoms in total. The Morgan fingerprint density at radius 2 is 1.90 bits per heavy atom. The maximum absolute atomic E-state index is 13.4. The highest BCUT2D eigenvalue weighted by Crippen LogP contribution is 2.26. The lowest BCUT2D eigenvalue weighted by Gasteiger charge is -2.12. The van der Waals surface area contributed by atoms with Gasteiger partial charge < -0.3 is 9.47 Å². The first-order valence-electron chi connectivity index (χ1n) is 9.51. The summed E-state index contributed by atoms with van der Waals surface area (Å²) >= 11 is 1.12. The number of esters is 1. The molecule has 0 aliphatic carbocycles. The van der Waals surface area contributed by atoms with Gasteiger partial charge in [-0.25, -0.2) is 13.8 Å². The minimum absolute atomic E-state index is 0.113. The van der Waals surface area contributed by atoms with E-state index in [1.807, 2.05) is 30.3 Å². The van der Waals surface area contributed by atoms with Crippen molar-refractivity contribution in [3.63, 3.8) is 0 Å². The van der Waals surface area contributed by atoms with Crippen LogP contribution >= 0.6 is 11.3 Å². The largest absolute Gasteiger partial charge is 0.494 e. The third-order valence-electron chi connectivity index (χ3n) is 4.16. The molecular weight excluding hydrogens is 426 g/mol. The van der Waals surface area contributed by atoms with Crippen LogP contribution in [0.5, 0.6) is 5.75 Å². The first kappa shape index (κ1) is 22.4. The van der Waals surface area contributed by atoms with Gasteiger partial charge >= 0.3 is 5.97 Å². The fraction of sp³-hybridized carbons (Fsp3) is 0.227. The van der Waals surface area contributed by atoms with Crippen molar-refractivity contribution in [2.45, 2.75) is 25.9 Å². The average Bonchev–Trinajstić information content (AvgIpc) is 3.22. The molecule has 9 heteroatoms. The Morgan fingerprint density at radius 3 is 2.65 bits per heavy atom. The van der Waals surface area contributed by atoms with Crippen molar-refractivity contribution in [3.8, 4) is 17.0 Å². The van der Waals surface area contributed by atoms with Crippen LogP contribution in [0.1, 0.15) is 19.8 Å². The predicted molar refractivity (Wildman–Crippen MR) is 113 cm³/mol. The normalized spacial score (nSPS) is 11.6. The summed E-state index contributed by atoms with van der Waals surface area (Å²) in [6, 6.07) is 12.7. The van der Waals surface area contributed by atoms with Crippen LogP contribution in [-0.2, 0) is 14.3 Å². The van der Waals surface area contributed by atoms with Gasteiger partial charge in [0.15, 0.2) is 22.9 Å². The van der Waals surface area contributed by atoms with Crippen LogP contribution in [0.3, 0.4) is 0 Å². The summed E-state index contributed by atoms with van der Waals surface area (Å²) in [4.78, 5) is 28.4. The van der Waals surface area contributed by atoms with Crippen molar-refractivity contribution in [2.24, 2.45) is 0 Å². The Bertz CT molecular complexity index is 1040. The Balaban J connectivity index is 1.43. The number of anilines is 1. The molecule has 1 N–H and O–H groups in total. The molecular formula is C22H20F2N2O4S. The number of para-hydroxylation sites is 1. The molecule has 1 heterocycles. The minimum Gasteiger partial charge on any atom is -0.494 e. The van der Waals surface area contributed by atoms with Crippen molar-refractivity contribution in [2.75, 3.05) is 11.9 Å². The molecule has 0 unspecified atom stereocenters. The average molecular weight is 446 g/mol. The molecule has 0 saturated heterocycles. The summed E-state index contributed by atoms with van der Waals surface area (Å²) in [6.07, 6.45) is -0.452. The second kappa shape index (κ2) is 10.6. The number of carbonyl (C=O) groups is 2. The van der Waals surface area contributed by atoms with Crippen LogP contribution in [0.15, 0.2) is 53.9 Å². The first-order chi connectivity index (χ1) is 14.9. The van der Waals surface area contributed by atoms with E-state index >= 15 is 0 Å². The second-order valence-corrected chi connectivity index (χ2v) is 7.41. The molecule has 3 aromatic rings. The zero-order valence-electron chi connectivity index (χ0n) is 16.6. The smallest absolute Gasteiger partial charge is 0.306 e. The molecule has 0 radical (unpaired) electrons. The van der Waals surface area contributed by atoms with E-state index < -0.39 is 29.6 Å². The standard InChI is InChI=1S/C22H20F2N2O4S/c1-14(30-20(27)8-5-11-29-16-6-3-2-4-7-16)21(28)26-22-25-19(13-31-22)15-9-10-17(23)18(24)12-15/h2-4,6-7,9-10,12-14H,5,8,11H2,1H3,(H,25,26,28)/t14-/m0/s1. The molecule has 0 aliphatic heterocycles. The number of hydrogen-bond acceptors (Lipinski definition) is 6. The number of carbonyl (C=O) groups excluding carboxylic acids is 2. The van der Waals surface area contributed by atoms with E-state index in [1.54, 1.807) is 5.38 Å². The molecule has 1 atom stereocenters. The zero-order valence-corrected chi connectivity index (χ0v) is 17.5. The molecule has 1 aromatic heterocycles. The number of halogens is 2. The highest BCUT2D eigenvalue weighted by molar-refractivity contribution is 7.14. The fourth-order valence-electron chi connectivity index (χ4n) is 2.56. The minimum atomic E-state index is -1.02. The molecule has 0 aliphatic rings. The van der Waals surface area contributed by atoms with Gasteiger partial charge in [-0.3, -0.25) is 14.9 Å². The molecule has 3 rings (SSSR count). The molecule has 1 amide bonds. The van der Waals surface area contributed by atoms with E-state index in [4.69, 9.17) is 9.47 Å². The van der Waals surface area contributed by atoms with Gasteiger partial charge in [-0.2, -0.15) is 0 Å². The number of hydrogen-bond donors (Lipinski definition) is 1. The highest BCUT2D eigenvalue weighted by Gasteiger charge is 2.19. The highest BCUT2D eigenvalue weighted by atomic mass is 32.1. The summed E-state index contributed by atoms with van der Waals surface area (Å²) < 4.78 is 37.1. The lowest BCUT2D eigenvalue weighted by molar-refractivity contribution is -0.153. The fourth-order valence-corrected chi connectivity index (χ4v) is 3.28. The molecule has 0 bridgehead atoms. The van der Waals surface area contributed by atoms with Crippen LogP contribution in [0.4, 0.5) is 13.9 Å². The van der Waals surface area contributed by atoms with Crippen molar-refractivity contribution in [1.82, 2.24) is 4.98 Å². The topological polar surface area (TPSA) is 77.5 Å². The van der Waals surface area contributed by atoms with Gasteiger partial charge in [0, 0.05) is 17.4 Å². The van der Waals surface area contributed by atoms with E-state index in [1.165, 1.54) is 13.0 Å². The first-order valence-corrected chi connectivity index (χ1v) is 10.4. The lowest BCUT2D eigenvalue weighted by Crippen LogP contribution is -2.30. The van der Waals surface area contributed by atoms with Gasteiger partial charge in [0.25, 0.3) is 5.91 Å². The Kier molecular flexibility index (Phi) is 7.66. The van der Waals surface area contributed by atoms with Gasteiger partial charge in [0.2, 0.25) is 0 Å². The molecule has 0 fully saturated rings. The number of nitrogens with one attached hydrogen (secondary N) is 1. The summed E-state index contributed by atoms with van der Waals surface area (Å²) in [5.74, 6) is -2.27. The van der Waals surface area contributed by atoms with Crippen LogP contribution < -0.4 is 10.1 Å². The quantitative estimate of drug-likeness (QED) is 0.377. The van der Waals surface area contributed by atoms with E-state index in [-0.39, 0.29) is 11.6 Å². The number of nitrogens with zero attached hydrogens (tertiary/aromatic N) is 1. The van der Waals surface area contributed by atoms with Gasteiger partial charge in [0.1, 0.15) is 5.75 Å². The van der Waals surface area contributed by atoms with E-state index in [2.05, 4.69) is 10.3 Å². The molecule has 0 spiro atoms. The number of amides is 1. The Labute approximate surface area is 181 Å². The monoisotopic (exact) mass is 446 g/mol. The third kappa shape index (κ3) is 6.58. The summed E-state index contributed by atoms with van der Waals surface area (Å²) in [6.45, 7) is 1.81. The summed E-state index contributed by atoms with van der Waals surface area (Å²) in [5.41, 5.74) is 0.773. The van der Waals surface area contributed by atoms with Crippen LogP contribution in [0.2, 0.25) is 0 Å². The van der Waals surface area contributed by atoms with Gasteiger partial charge in [0.05, 0.1) is 12.3 Å². The Morgan fingerprint density at radius 1 is 1.13 bits per heavy atom. The van der Waals surface area contributed by atoms with Gasteiger partial charge in [-0.1, -0.05) is 18.2 Å². The van der Waals surface area contributed by atoms with Crippen molar-refractivity contribution < 1.29 is 27.8 Å². The molecule has 31 heavy (non-hydrogen) atoms. The summed E-state index contributed by atoms with van der Waals surface area (Å²) in [7, 11) is 0. The van der Waals surface area contributed by atoms with E-state index in [0.29, 0.717) is 24.3 Å². The number of ether oxygens (including phenoxy) is 2. The van der Waals surface area contributed by atoms with Crippen LogP contribution in [-0.4, -0.2) is 29.6 Å². The SMILES string of the molecule is C[C@H](OC(=O)CCCOc1ccccc1)C(=O)Nc1nc(-c2ccc(F)c(F)c2)cs1. The van der Waals surface area contributed by atoms with Crippen LogP contribution in [0.25, 0.3) is 11.3 Å². The molecule has 0 saturated carbocycles. The number of thiazole rings is 1. The molecule has 2 aromatic carbocycles. The summed E-state index contributed by atoms with van der Waals surface area (Å²) in [5, 5.41) is 4.41. The molecule has 162 valence electrons. The second-order valence-electron chi connectivity index (χ2n) is 6.55. The third-order valence-corrected chi connectivity index (χ3v) is 4.92. The maximum atomic E-state index is 13.4. The number of benzene rings is 2. The van der Waals surface area contributed by atoms with Crippen molar-refractivity contribution >= 4 is 28.3 Å². The van der Waals surface area contributed by atoms with Crippen molar-refractivity contribution in [1.29, 1.82) is 0 Å². The van der Waals surface area contributed by atoms with E-state index in [0.717, 1.165) is 29.2 Å². The lowest BCUT2D eigenvalue weighted by atomic mass is 10.2. The maximum Gasteiger partial charge on any atom is 0.306 e. The number of rotatable bonds is 9. The van der Waals surface area contributed by atoms with Gasteiger partial charge in [-0.05, 0) is 43.7 Å². The zero-order chi connectivity index (χ0) is 22.2.